The fourth-order valence-corrected chi connectivity index (χ4v) is 3.81. The average molecular weight is 436 g/mol. The number of hydrogen-bond acceptors (Lipinski definition) is 4. The maximum absolute atomic E-state index is 14.9. The summed E-state index contributed by atoms with van der Waals surface area (Å²) in [5.74, 6) is -0.325. The molecule has 1 aliphatic heterocycles. The first-order valence-corrected chi connectivity index (χ1v) is 10.5. The molecule has 166 valence electrons. The maximum Gasteiger partial charge on any atom is 0.414 e. The van der Waals surface area contributed by atoms with E-state index in [4.69, 9.17) is 4.74 Å². The Labute approximate surface area is 185 Å². The molecule has 7 nitrogen and oxygen atoms in total. The number of halogens is 1. The number of aromatic nitrogens is 2. The summed E-state index contributed by atoms with van der Waals surface area (Å²) in [5, 5.41) is 2.63. The molecule has 2 amide bonds. The third-order valence-electron chi connectivity index (χ3n) is 5.55. The van der Waals surface area contributed by atoms with E-state index in [1.807, 2.05) is 35.0 Å². The summed E-state index contributed by atoms with van der Waals surface area (Å²) < 4.78 is 22.2. The zero-order chi connectivity index (χ0) is 22.7. The first-order valence-electron chi connectivity index (χ1n) is 10.5. The van der Waals surface area contributed by atoms with Crippen LogP contribution in [0.4, 0.5) is 14.9 Å². The van der Waals surface area contributed by atoms with Gasteiger partial charge in [0, 0.05) is 31.4 Å². The van der Waals surface area contributed by atoms with Gasteiger partial charge in [0.1, 0.15) is 11.9 Å². The van der Waals surface area contributed by atoms with Crippen LogP contribution in [0.2, 0.25) is 0 Å². The van der Waals surface area contributed by atoms with E-state index >= 15 is 0 Å². The van der Waals surface area contributed by atoms with Crippen LogP contribution in [0, 0.1) is 5.82 Å². The Hall–Kier alpha value is -3.68. The first kappa shape index (κ1) is 21.5. The molecular weight excluding hydrogens is 411 g/mol. The van der Waals surface area contributed by atoms with E-state index in [9.17, 15) is 14.0 Å². The molecule has 1 saturated heterocycles. The molecule has 2 aromatic carbocycles. The molecule has 8 heteroatoms. The highest BCUT2D eigenvalue weighted by Gasteiger charge is 2.32. The standard InChI is InChI=1S/C24H25FN4O3/c1-16(13-28-10-9-26-15-28)18-3-5-19(6-4-18)22-8-7-20(11-23(22)25)29-14-21(32-24(29)31)12-27-17(2)30/h3-11,15-16,21H,12-14H2,1-2H3,(H,27,30)/t16-,21+/m1/s1. The van der Waals surface area contributed by atoms with Crippen LogP contribution in [0.3, 0.4) is 0 Å². The van der Waals surface area contributed by atoms with E-state index in [1.54, 1.807) is 24.7 Å². The zero-order valence-electron chi connectivity index (χ0n) is 18.0. The molecule has 4 rings (SSSR count). The van der Waals surface area contributed by atoms with E-state index in [1.165, 1.54) is 17.9 Å². The van der Waals surface area contributed by atoms with Crippen LogP contribution < -0.4 is 10.2 Å². The largest absolute Gasteiger partial charge is 0.442 e. The summed E-state index contributed by atoms with van der Waals surface area (Å²) >= 11 is 0. The summed E-state index contributed by atoms with van der Waals surface area (Å²) in [6.07, 6.45) is 4.46. The van der Waals surface area contributed by atoms with Crippen molar-refractivity contribution < 1.29 is 18.7 Å². The summed E-state index contributed by atoms with van der Waals surface area (Å²) in [6.45, 7) is 4.83. The van der Waals surface area contributed by atoms with Crippen molar-refractivity contribution >= 4 is 17.7 Å². The molecule has 2 atom stereocenters. The highest BCUT2D eigenvalue weighted by atomic mass is 19.1. The number of nitrogens with one attached hydrogen (secondary N) is 1. The zero-order valence-corrected chi connectivity index (χ0v) is 18.0. The van der Waals surface area contributed by atoms with Gasteiger partial charge >= 0.3 is 6.09 Å². The number of carbonyl (C=O) groups excluding carboxylic acids is 2. The van der Waals surface area contributed by atoms with Gasteiger partial charge in [-0.1, -0.05) is 31.2 Å². The van der Waals surface area contributed by atoms with Gasteiger partial charge in [0.25, 0.3) is 0 Å². The number of amides is 2. The van der Waals surface area contributed by atoms with Crippen LogP contribution in [0.5, 0.6) is 0 Å². The SMILES string of the molecule is CC(=O)NC[C@H]1CN(c2ccc(-c3ccc([C@H](C)Cn4ccnc4)cc3)c(F)c2)C(=O)O1. The average Bonchev–Trinajstić information content (AvgIpc) is 3.41. The first-order chi connectivity index (χ1) is 15.4. The lowest BCUT2D eigenvalue weighted by molar-refractivity contribution is -0.119. The third kappa shape index (κ3) is 4.80. The molecule has 1 N–H and O–H groups in total. The Balaban J connectivity index is 1.45. The number of hydrogen-bond donors (Lipinski definition) is 1. The molecule has 1 fully saturated rings. The number of imidazole rings is 1. The normalized spacial score (nSPS) is 16.7. The molecule has 2 heterocycles. The van der Waals surface area contributed by atoms with Crippen LogP contribution in [0.1, 0.15) is 25.3 Å². The van der Waals surface area contributed by atoms with Crippen molar-refractivity contribution in [2.24, 2.45) is 0 Å². The van der Waals surface area contributed by atoms with Crippen LogP contribution in [-0.4, -0.2) is 40.7 Å². The van der Waals surface area contributed by atoms with Crippen LogP contribution in [-0.2, 0) is 16.1 Å². The fourth-order valence-electron chi connectivity index (χ4n) is 3.81. The van der Waals surface area contributed by atoms with E-state index in [2.05, 4.69) is 17.2 Å². The van der Waals surface area contributed by atoms with Gasteiger partial charge in [0.05, 0.1) is 25.1 Å². The Bertz CT molecular complexity index is 1100. The fraction of sp³-hybridized carbons (Fsp3) is 0.292. The predicted octanol–water partition coefficient (Wildman–Crippen LogP) is 3.95. The Morgan fingerprint density at radius 1 is 1.28 bits per heavy atom. The molecule has 0 radical (unpaired) electrons. The Kier molecular flexibility index (Phi) is 6.20. The maximum atomic E-state index is 14.9. The van der Waals surface area contributed by atoms with E-state index in [0.29, 0.717) is 11.3 Å². The minimum atomic E-state index is -0.552. The number of benzene rings is 2. The van der Waals surface area contributed by atoms with Crippen molar-refractivity contribution in [3.8, 4) is 11.1 Å². The minimum Gasteiger partial charge on any atom is -0.442 e. The number of ether oxygens (including phenoxy) is 1. The van der Waals surface area contributed by atoms with Crippen molar-refractivity contribution in [2.75, 3.05) is 18.0 Å². The monoisotopic (exact) mass is 436 g/mol. The second-order valence-electron chi connectivity index (χ2n) is 8.00. The van der Waals surface area contributed by atoms with Crippen LogP contribution in [0.25, 0.3) is 11.1 Å². The highest BCUT2D eigenvalue weighted by Crippen LogP contribution is 2.30. The van der Waals surface area contributed by atoms with Gasteiger partial charge in [-0.05, 0) is 35.2 Å². The molecule has 0 saturated carbocycles. The topological polar surface area (TPSA) is 76.5 Å². The van der Waals surface area contributed by atoms with Crippen molar-refractivity contribution in [2.45, 2.75) is 32.4 Å². The number of cyclic esters (lactones) is 1. The van der Waals surface area contributed by atoms with Crippen LogP contribution >= 0.6 is 0 Å². The number of anilines is 1. The summed E-state index contributed by atoms with van der Waals surface area (Å²) in [7, 11) is 0. The van der Waals surface area contributed by atoms with Gasteiger partial charge in [-0.2, -0.15) is 0 Å². The molecule has 0 bridgehead atoms. The lowest BCUT2D eigenvalue weighted by atomic mass is 9.97. The number of nitrogens with zero attached hydrogens (tertiary/aromatic N) is 3. The van der Waals surface area contributed by atoms with Gasteiger partial charge in [-0.25, -0.2) is 14.2 Å². The third-order valence-corrected chi connectivity index (χ3v) is 5.55. The molecule has 0 aliphatic carbocycles. The molecular formula is C24H25FN4O3. The lowest BCUT2D eigenvalue weighted by Gasteiger charge is -2.15. The minimum absolute atomic E-state index is 0.197. The molecule has 0 spiro atoms. The second kappa shape index (κ2) is 9.21. The Morgan fingerprint density at radius 2 is 2.06 bits per heavy atom. The van der Waals surface area contributed by atoms with Gasteiger partial charge in [-0.15, -0.1) is 0 Å². The summed E-state index contributed by atoms with van der Waals surface area (Å²) in [4.78, 5) is 28.7. The highest BCUT2D eigenvalue weighted by molar-refractivity contribution is 5.90. The number of carbonyl (C=O) groups is 2. The van der Waals surface area contributed by atoms with Crippen LogP contribution in [0.15, 0.2) is 61.2 Å². The predicted molar refractivity (Wildman–Crippen MR) is 119 cm³/mol. The quantitative estimate of drug-likeness (QED) is 0.608. The van der Waals surface area contributed by atoms with Gasteiger partial charge in [0.15, 0.2) is 0 Å². The Morgan fingerprint density at radius 3 is 2.72 bits per heavy atom. The molecule has 3 aromatic rings. The van der Waals surface area contributed by atoms with Crippen molar-refractivity contribution in [1.29, 1.82) is 0 Å². The summed E-state index contributed by atoms with van der Waals surface area (Å²) in [6, 6.07) is 12.5. The number of rotatable bonds is 7. The molecule has 0 unspecified atom stereocenters. The van der Waals surface area contributed by atoms with E-state index in [0.717, 1.165) is 17.7 Å². The van der Waals surface area contributed by atoms with E-state index in [-0.39, 0.29) is 24.9 Å². The van der Waals surface area contributed by atoms with Crippen molar-refractivity contribution in [3.63, 3.8) is 0 Å². The molecule has 1 aliphatic rings. The molecule has 32 heavy (non-hydrogen) atoms. The van der Waals surface area contributed by atoms with Gasteiger partial charge < -0.3 is 14.6 Å². The second-order valence-corrected chi connectivity index (χ2v) is 8.00. The van der Waals surface area contributed by atoms with Crippen molar-refractivity contribution in [3.05, 3.63) is 72.6 Å². The van der Waals surface area contributed by atoms with Gasteiger partial charge in [-0.3, -0.25) is 9.69 Å². The van der Waals surface area contributed by atoms with Gasteiger partial charge in [0.2, 0.25) is 5.91 Å². The summed E-state index contributed by atoms with van der Waals surface area (Å²) in [5.41, 5.74) is 2.81. The smallest absolute Gasteiger partial charge is 0.414 e. The van der Waals surface area contributed by atoms with E-state index < -0.39 is 18.0 Å². The lowest BCUT2D eigenvalue weighted by Crippen LogP contribution is -2.33. The van der Waals surface area contributed by atoms with Crippen molar-refractivity contribution in [1.82, 2.24) is 14.9 Å². The molecule has 1 aromatic heterocycles.